The molecule has 0 aromatic heterocycles. The summed E-state index contributed by atoms with van der Waals surface area (Å²) in [7, 11) is 1.40. The van der Waals surface area contributed by atoms with Gasteiger partial charge in [-0.2, -0.15) is 0 Å². The van der Waals surface area contributed by atoms with E-state index in [4.69, 9.17) is 0 Å². The van der Waals surface area contributed by atoms with E-state index in [-0.39, 0.29) is 4.45 Å². The molecule has 0 spiro atoms. The minimum Gasteiger partial charge on any atom is -0.374 e. The van der Waals surface area contributed by atoms with E-state index >= 15 is 0 Å². The van der Waals surface area contributed by atoms with E-state index in [0.717, 1.165) is 17.9 Å². The van der Waals surface area contributed by atoms with E-state index in [1.54, 1.807) is 0 Å². The maximum absolute atomic E-state index is 11.6. The number of rotatable bonds is 2. The maximum atomic E-state index is 11.6. The highest BCUT2D eigenvalue weighted by atomic mass is 79.9. The van der Waals surface area contributed by atoms with Crippen molar-refractivity contribution in [3.63, 3.8) is 0 Å². The maximum Gasteiger partial charge on any atom is 0.341 e. The average Bonchev–Trinajstić information content (AvgIpc) is 2.91. The summed E-state index contributed by atoms with van der Waals surface area (Å²) in [5.74, 6) is -2.39. The van der Waals surface area contributed by atoms with E-state index < -0.39 is 24.0 Å². The predicted molar refractivity (Wildman–Crippen MR) is 63.7 cm³/mol. The van der Waals surface area contributed by atoms with Crippen LogP contribution in [0.15, 0.2) is 0 Å². The van der Waals surface area contributed by atoms with Crippen LogP contribution in [0.1, 0.15) is 26.7 Å². The monoisotopic (exact) mass is 308 g/mol. The number of halogens is 1. The summed E-state index contributed by atoms with van der Waals surface area (Å²) in [5.41, 5.74) is 0. The number of nitrogens with zero attached hydrogens (tertiary/aromatic N) is 1. The summed E-state index contributed by atoms with van der Waals surface area (Å²) in [6.45, 7) is 4.00. The van der Waals surface area contributed by atoms with Crippen LogP contribution in [-0.2, 0) is 14.4 Å². The standard InChI is InChI=1S/C8H11BrN2O4.C2H6/c1-11-6(13)4(7(14)15-11)5(12)10-8(9)2-3-8;1-2/h4,6,13H,2-3H2,1H3,(H,10,12);1-2H3. The van der Waals surface area contributed by atoms with Gasteiger partial charge in [0, 0.05) is 7.05 Å². The summed E-state index contributed by atoms with van der Waals surface area (Å²) in [4.78, 5) is 27.5. The third-order valence-electron chi connectivity index (χ3n) is 2.48. The lowest BCUT2D eigenvalue weighted by molar-refractivity contribution is -0.183. The molecule has 17 heavy (non-hydrogen) atoms. The van der Waals surface area contributed by atoms with Crippen LogP contribution >= 0.6 is 15.9 Å². The molecule has 2 aliphatic rings. The molecule has 1 aliphatic heterocycles. The molecule has 2 fully saturated rings. The first-order valence-electron chi connectivity index (χ1n) is 5.57. The molecule has 2 atom stereocenters. The number of nitrogens with one attached hydrogen (secondary N) is 1. The lowest BCUT2D eigenvalue weighted by Gasteiger charge is -2.15. The first-order valence-corrected chi connectivity index (χ1v) is 6.36. The fourth-order valence-corrected chi connectivity index (χ4v) is 1.75. The Balaban J connectivity index is 0.000000686. The Kier molecular flexibility index (Phi) is 4.51. The van der Waals surface area contributed by atoms with Crippen molar-refractivity contribution in [2.24, 2.45) is 5.92 Å². The predicted octanol–water partition coefficient (Wildman–Crippen LogP) is 0.352. The molecular weight excluding hydrogens is 292 g/mol. The Bertz CT molecular complexity index is 319. The number of alkyl halides is 1. The minimum absolute atomic E-state index is 0.384. The van der Waals surface area contributed by atoms with E-state index in [9.17, 15) is 14.7 Å². The zero-order chi connectivity index (χ0) is 13.2. The molecule has 1 heterocycles. The molecule has 2 rings (SSSR count). The molecule has 1 amide bonds. The number of amides is 1. The molecule has 0 aromatic carbocycles. The molecule has 1 saturated carbocycles. The second-order valence-corrected chi connectivity index (χ2v) is 5.32. The summed E-state index contributed by atoms with van der Waals surface area (Å²) >= 11 is 3.31. The van der Waals surface area contributed by atoms with Crippen LogP contribution in [-0.4, -0.2) is 39.8 Å². The van der Waals surface area contributed by atoms with Crippen LogP contribution < -0.4 is 5.32 Å². The van der Waals surface area contributed by atoms with Crippen molar-refractivity contribution in [3.05, 3.63) is 0 Å². The number of hydrogen-bond acceptors (Lipinski definition) is 5. The highest BCUT2D eigenvalue weighted by Crippen LogP contribution is 2.41. The normalized spacial score (nSPS) is 30.1. The van der Waals surface area contributed by atoms with Gasteiger partial charge in [0.1, 0.15) is 0 Å². The molecule has 2 unspecified atom stereocenters. The molecule has 6 nitrogen and oxygen atoms in total. The van der Waals surface area contributed by atoms with Gasteiger partial charge in [0.05, 0.1) is 4.45 Å². The molecule has 7 heteroatoms. The summed E-state index contributed by atoms with van der Waals surface area (Å²) < 4.78 is -0.384. The molecule has 0 bridgehead atoms. The highest BCUT2D eigenvalue weighted by molar-refractivity contribution is 9.10. The van der Waals surface area contributed by atoms with Gasteiger partial charge in [-0.25, -0.2) is 4.79 Å². The Morgan fingerprint density at radius 3 is 2.47 bits per heavy atom. The number of carbonyl (C=O) groups excluding carboxylic acids is 2. The van der Waals surface area contributed by atoms with Crippen LogP contribution in [0.25, 0.3) is 0 Å². The number of aliphatic hydroxyl groups excluding tert-OH is 1. The van der Waals surface area contributed by atoms with Crippen LogP contribution in [0.3, 0.4) is 0 Å². The zero-order valence-electron chi connectivity index (χ0n) is 10.1. The highest BCUT2D eigenvalue weighted by Gasteiger charge is 2.49. The van der Waals surface area contributed by atoms with Crippen molar-refractivity contribution < 1.29 is 19.5 Å². The largest absolute Gasteiger partial charge is 0.374 e. The van der Waals surface area contributed by atoms with Gasteiger partial charge in [0.2, 0.25) is 5.91 Å². The Morgan fingerprint density at radius 2 is 2.12 bits per heavy atom. The Labute approximate surface area is 108 Å². The van der Waals surface area contributed by atoms with Gasteiger partial charge in [-0.05, 0) is 12.8 Å². The van der Waals surface area contributed by atoms with Crippen molar-refractivity contribution in [2.45, 2.75) is 37.4 Å². The molecule has 0 aromatic rings. The van der Waals surface area contributed by atoms with E-state index in [1.807, 2.05) is 13.8 Å². The third-order valence-corrected chi connectivity index (χ3v) is 3.47. The quantitative estimate of drug-likeness (QED) is 0.437. The number of hydroxylamine groups is 2. The van der Waals surface area contributed by atoms with Gasteiger partial charge in [-0.3, -0.25) is 4.79 Å². The summed E-state index contributed by atoms with van der Waals surface area (Å²) in [5, 5.41) is 13.1. The van der Waals surface area contributed by atoms with Gasteiger partial charge in [0.15, 0.2) is 12.1 Å². The molecule has 1 saturated heterocycles. The van der Waals surface area contributed by atoms with Crippen LogP contribution in [0.5, 0.6) is 0 Å². The summed E-state index contributed by atoms with van der Waals surface area (Å²) in [6, 6.07) is 0. The first-order chi connectivity index (χ1) is 7.93. The van der Waals surface area contributed by atoms with Crippen molar-refractivity contribution in [1.82, 2.24) is 10.4 Å². The number of carbonyl (C=O) groups is 2. The fourth-order valence-electron chi connectivity index (χ4n) is 1.36. The number of aliphatic hydroxyl groups is 1. The van der Waals surface area contributed by atoms with Crippen molar-refractivity contribution >= 4 is 27.8 Å². The van der Waals surface area contributed by atoms with Crippen LogP contribution in [0, 0.1) is 5.92 Å². The van der Waals surface area contributed by atoms with Gasteiger partial charge >= 0.3 is 5.97 Å². The minimum atomic E-state index is -1.22. The van der Waals surface area contributed by atoms with Crippen LogP contribution in [0.2, 0.25) is 0 Å². The van der Waals surface area contributed by atoms with E-state index in [0.29, 0.717) is 0 Å². The zero-order valence-corrected chi connectivity index (χ0v) is 11.7. The van der Waals surface area contributed by atoms with Crippen molar-refractivity contribution in [1.29, 1.82) is 0 Å². The molecular formula is C10H17BrN2O4. The third kappa shape index (κ3) is 3.17. The fraction of sp³-hybridized carbons (Fsp3) is 0.800. The lowest BCUT2D eigenvalue weighted by Crippen LogP contribution is -2.44. The number of hydrogen-bond donors (Lipinski definition) is 2. The van der Waals surface area contributed by atoms with Gasteiger partial charge in [-0.15, -0.1) is 5.06 Å². The van der Waals surface area contributed by atoms with Crippen molar-refractivity contribution in [2.75, 3.05) is 7.05 Å². The second-order valence-electron chi connectivity index (χ2n) is 3.80. The van der Waals surface area contributed by atoms with Gasteiger partial charge in [0.25, 0.3) is 0 Å². The molecule has 0 radical (unpaired) electrons. The SMILES string of the molecule is CC.CN1OC(=O)C(C(=O)NC2(Br)CC2)C1O. The lowest BCUT2D eigenvalue weighted by atomic mass is 10.1. The smallest absolute Gasteiger partial charge is 0.341 e. The molecule has 1 aliphatic carbocycles. The summed E-state index contributed by atoms with van der Waals surface area (Å²) in [6.07, 6.45) is 0.436. The average molecular weight is 309 g/mol. The molecule has 98 valence electrons. The van der Waals surface area contributed by atoms with E-state index in [1.165, 1.54) is 7.05 Å². The van der Waals surface area contributed by atoms with Gasteiger partial charge in [-0.1, -0.05) is 29.8 Å². The Morgan fingerprint density at radius 1 is 1.59 bits per heavy atom. The Hall–Kier alpha value is -0.660. The topological polar surface area (TPSA) is 78.9 Å². The van der Waals surface area contributed by atoms with Gasteiger partial charge < -0.3 is 15.3 Å². The van der Waals surface area contributed by atoms with Crippen molar-refractivity contribution in [3.8, 4) is 0 Å². The van der Waals surface area contributed by atoms with Crippen LogP contribution in [0.4, 0.5) is 0 Å². The molecule has 2 N–H and O–H groups in total. The van der Waals surface area contributed by atoms with E-state index in [2.05, 4.69) is 26.1 Å². The first kappa shape index (κ1) is 14.4. The second kappa shape index (κ2) is 5.32.